The monoisotopic (exact) mass is 410 g/mol. The number of aromatic nitrogens is 5. The summed E-state index contributed by atoms with van der Waals surface area (Å²) in [5, 5.41) is 16.6. The quantitative estimate of drug-likeness (QED) is 0.405. The molecule has 0 aliphatic carbocycles. The van der Waals surface area contributed by atoms with Crippen LogP contribution in [0.25, 0.3) is 22.4 Å². The van der Waals surface area contributed by atoms with E-state index in [-0.39, 0.29) is 17.6 Å². The molecule has 148 valence electrons. The van der Waals surface area contributed by atoms with Gasteiger partial charge in [0, 0.05) is 17.6 Å². The van der Waals surface area contributed by atoms with Crippen LogP contribution < -0.4 is 16.0 Å². The summed E-state index contributed by atoms with van der Waals surface area (Å²) in [6.45, 7) is 0. The highest BCUT2D eigenvalue weighted by Gasteiger charge is 2.19. The van der Waals surface area contributed by atoms with Crippen LogP contribution in [-0.4, -0.2) is 44.3 Å². The Morgan fingerprint density at radius 1 is 1.07 bits per heavy atom. The van der Waals surface area contributed by atoms with E-state index in [2.05, 4.69) is 30.4 Å². The molecule has 0 aliphatic heterocycles. The Hall–Kier alpha value is -3.41. The molecule has 4 N–H and O–H groups in total. The van der Waals surface area contributed by atoms with E-state index >= 15 is 0 Å². The summed E-state index contributed by atoms with van der Waals surface area (Å²) < 4.78 is 5.35. The highest BCUT2D eigenvalue weighted by atomic mass is 32.1. The molecule has 3 heterocycles. The fourth-order valence-electron chi connectivity index (χ4n) is 2.57. The molecular weight excluding hydrogens is 392 g/mol. The van der Waals surface area contributed by atoms with Crippen molar-refractivity contribution in [1.29, 1.82) is 0 Å². The van der Waals surface area contributed by atoms with Crippen LogP contribution in [-0.2, 0) is 0 Å². The number of nitrogen functional groups attached to an aromatic ring is 1. The van der Waals surface area contributed by atoms with Crippen LogP contribution in [0.1, 0.15) is 11.1 Å². The van der Waals surface area contributed by atoms with Crippen LogP contribution >= 0.6 is 11.3 Å². The van der Waals surface area contributed by atoms with Gasteiger partial charge in [-0.25, -0.2) is 0 Å². The summed E-state index contributed by atoms with van der Waals surface area (Å²) in [5.41, 5.74) is 6.77. The molecule has 0 radical (unpaired) electrons. The molecule has 0 amide bonds. The number of aliphatic hydroxyl groups excluding tert-OH is 1. The standard InChI is InChI=1S/C18H18N8O2S/c1-20-15(27)11-8-9-12(29-11)16-21-14(25-28-16)13-22-17(19)24-18(23-13)26(2)10-6-4-3-5-7-10/h3-9,15,20,27H,1-2H3,(H2,19,22,23,24). The first kappa shape index (κ1) is 18.9. The van der Waals surface area contributed by atoms with Gasteiger partial charge in [-0.05, 0) is 31.3 Å². The van der Waals surface area contributed by atoms with E-state index in [1.165, 1.54) is 11.3 Å². The third kappa shape index (κ3) is 3.92. The molecule has 11 heteroatoms. The summed E-state index contributed by atoms with van der Waals surface area (Å²) in [6, 6.07) is 13.2. The Labute approximate surface area is 170 Å². The van der Waals surface area contributed by atoms with Crippen LogP contribution in [0.2, 0.25) is 0 Å². The first-order valence-electron chi connectivity index (χ1n) is 8.65. The number of benzene rings is 1. The van der Waals surface area contributed by atoms with Crippen molar-refractivity contribution in [1.82, 2.24) is 30.4 Å². The lowest BCUT2D eigenvalue weighted by molar-refractivity contribution is 0.153. The van der Waals surface area contributed by atoms with E-state index in [1.54, 1.807) is 24.1 Å². The van der Waals surface area contributed by atoms with E-state index < -0.39 is 6.23 Å². The van der Waals surface area contributed by atoms with Gasteiger partial charge in [0.05, 0.1) is 4.88 Å². The van der Waals surface area contributed by atoms with Gasteiger partial charge in [-0.1, -0.05) is 23.4 Å². The first-order chi connectivity index (χ1) is 14.0. The van der Waals surface area contributed by atoms with Crippen molar-refractivity contribution in [2.45, 2.75) is 6.23 Å². The maximum Gasteiger partial charge on any atom is 0.268 e. The normalized spacial score (nSPS) is 12.1. The summed E-state index contributed by atoms with van der Waals surface area (Å²) >= 11 is 1.34. The average molecular weight is 410 g/mol. The molecule has 0 saturated heterocycles. The maximum atomic E-state index is 9.87. The molecule has 0 fully saturated rings. The molecule has 10 nitrogen and oxygen atoms in total. The lowest BCUT2D eigenvalue weighted by Crippen LogP contribution is -2.15. The number of nitrogens with two attached hydrogens (primary N) is 1. The zero-order valence-corrected chi connectivity index (χ0v) is 16.5. The van der Waals surface area contributed by atoms with Crippen molar-refractivity contribution in [3.8, 4) is 22.4 Å². The third-order valence-electron chi connectivity index (χ3n) is 4.09. The minimum Gasteiger partial charge on any atom is -0.373 e. The van der Waals surface area contributed by atoms with Crippen molar-refractivity contribution in [3.05, 3.63) is 47.3 Å². The molecule has 4 rings (SSSR count). The van der Waals surface area contributed by atoms with Gasteiger partial charge in [-0.2, -0.15) is 19.9 Å². The summed E-state index contributed by atoms with van der Waals surface area (Å²) in [5.74, 6) is 1.12. The van der Waals surface area contributed by atoms with Crippen LogP contribution in [0.4, 0.5) is 17.6 Å². The van der Waals surface area contributed by atoms with Crippen molar-refractivity contribution in [3.63, 3.8) is 0 Å². The van der Waals surface area contributed by atoms with Crippen molar-refractivity contribution in [2.75, 3.05) is 24.7 Å². The third-order valence-corrected chi connectivity index (χ3v) is 5.22. The number of nitrogens with zero attached hydrogens (tertiary/aromatic N) is 6. The predicted molar refractivity (Wildman–Crippen MR) is 109 cm³/mol. The Morgan fingerprint density at radius 3 is 2.62 bits per heavy atom. The van der Waals surface area contributed by atoms with E-state index in [0.29, 0.717) is 11.8 Å². The molecule has 0 aliphatic rings. The van der Waals surface area contributed by atoms with E-state index in [9.17, 15) is 5.11 Å². The number of hydrogen-bond donors (Lipinski definition) is 3. The van der Waals surface area contributed by atoms with Gasteiger partial charge >= 0.3 is 0 Å². The Kier molecular flexibility index (Phi) is 5.16. The molecule has 1 atom stereocenters. The Morgan fingerprint density at radius 2 is 1.86 bits per heavy atom. The number of para-hydroxylation sites is 1. The highest BCUT2D eigenvalue weighted by Crippen LogP contribution is 2.31. The van der Waals surface area contributed by atoms with Gasteiger partial charge in [-0.3, -0.25) is 5.32 Å². The fourth-order valence-corrected chi connectivity index (χ4v) is 3.49. The zero-order chi connectivity index (χ0) is 20.4. The summed E-state index contributed by atoms with van der Waals surface area (Å²) in [6.07, 6.45) is -0.754. The maximum absolute atomic E-state index is 9.87. The van der Waals surface area contributed by atoms with Gasteiger partial charge in [0.15, 0.2) is 0 Å². The van der Waals surface area contributed by atoms with Crippen LogP contribution in [0.3, 0.4) is 0 Å². The number of nitrogens with one attached hydrogen (secondary N) is 1. The molecule has 29 heavy (non-hydrogen) atoms. The number of aliphatic hydroxyl groups is 1. The lowest BCUT2D eigenvalue weighted by Gasteiger charge is -2.17. The van der Waals surface area contributed by atoms with Crippen LogP contribution in [0, 0.1) is 0 Å². The number of hydrogen-bond acceptors (Lipinski definition) is 11. The highest BCUT2D eigenvalue weighted by molar-refractivity contribution is 7.15. The SMILES string of the molecule is CNC(O)c1ccc(-c2nc(-c3nc(N)nc(N(C)c4ccccc4)n3)no2)s1. The zero-order valence-electron chi connectivity index (χ0n) is 15.6. The minimum atomic E-state index is -0.754. The Balaban J connectivity index is 1.64. The average Bonchev–Trinajstić information content (AvgIpc) is 3.42. The molecule has 0 saturated carbocycles. The molecule has 0 spiro atoms. The number of rotatable bonds is 6. The Bertz CT molecular complexity index is 1110. The van der Waals surface area contributed by atoms with Gasteiger partial charge in [0.2, 0.25) is 23.5 Å². The van der Waals surface area contributed by atoms with E-state index in [4.69, 9.17) is 10.3 Å². The smallest absolute Gasteiger partial charge is 0.268 e. The van der Waals surface area contributed by atoms with Crippen molar-refractivity contribution >= 4 is 28.9 Å². The largest absolute Gasteiger partial charge is 0.373 e. The lowest BCUT2D eigenvalue weighted by atomic mass is 10.3. The molecule has 1 unspecified atom stereocenters. The van der Waals surface area contributed by atoms with Gasteiger partial charge in [-0.15, -0.1) is 11.3 Å². The van der Waals surface area contributed by atoms with Gasteiger partial charge < -0.3 is 20.3 Å². The van der Waals surface area contributed by atoms with E-state index in [0.717, 1.165) is 15.4 Å². The van der Waals surface area contributed by atoms with Crippen molar-refractivity contribution < 1.29 is 9.63 Å². The number of anilines is 3. The summed E-state index contributed by atoms with van der Waals surface area (Å²) in [7, 11) is 3.50. The van der Waals surface area contributed by atoms with Crippen LogP contribution in [0.15, 0.2) is 47.0 Å². The molecule has 1 aromatic carbocycles. The molecular formula is C18H18N8O2S. The van der Waals surface area contributed by atoms with E-state index in [1.807, 2.05) is 37.4 Å². The topological polar surface area (TPSA) is 139 Å². The molecule has 0 bridgehead atoms. The van der Waals surface area contributed by atoms with Crippen molar-refractivity contribution in [2.24, 2.45) is 0 Å². The summed E-state index contributed by atoms with van der Waals surface area (Å²) in [4.78, 5) is 20.4. The molecule has 3 aromatic heterocycles. The second kappa shape index (κ2) is 7.91. The number of thiophene rings is 1. The predicted octanol–water partition coefficient (Wildman–Crippen LogP) is 2.21. The first-order valence-corrected chi connectivity index (χ1v) is 9.46. The second-order valence-electron chi connectivity index (χ2n) is 6.03. The van der Waals surface area contributed by atoms with Gasteiger partial charge in [0.25, 0.3) is 5.89 Å². The fraction of sp³-hybridized carbons (Fsp3) is 0.167. The molecule has 4 aromatic rings. The minimum absolute atomic E-state index is 0.0506. The van der Waals surface area contributed by atoms with Gasteiger partial charge in [0.1, 0.15) is 6.23 Å². The second-order valence-corrected chi connectivity index (χ2v) is 7.14. The van der Waals surface area contributed by atoms with Crippen LogP contribution in [0.5, 0.6) is 0 Å².